The van der Waals surface area contributed by atoms with Crippen molar-refractivity contribution < 1.29 is 5.11 Å². The predicted molar refractivity (Wildman–Crippen MR) is 121 cm³/mol. The number of rotatable bonds is 7. The second-order valence-electron chi connectivity index (χ2n) is 6.35. The highest BCUT2D eigenvalue weighted by Gasteiger charge is 2.22. The number of phenolic OH excluding ortho intramolecular Hbond substituents is 1. The predicted octanol–water partition coefficient (Wildman–Crippen LogP) is 4.17. The van der Waals surface area contributed by atoms with Gasteiger partial charge in [0.15, 0.2) is 5.96 Å². The number of thioether (sulfide) groups is 1. The minimum absolute atomic E-state index is 0. The SMILES string of the molecule is CCSC1CCCC(NC(=NC)NCCCc2ccc(O)cc2)C1.I. The van der Waals surface area contributed by atoms with Crippen molar-refractivity contribution >= 4 is 41.7 Å². The van der Waals surface area contributed by atoms with Gasteiger partial charge in [0.1, 0.15) is 5.75 Å². The van der Waals surface area contributed by atoms with Crippen molar-refractivity contribution in [2.45, 2.75) is 56.7 Å². The Morgan fingerprint density at radius 2 is 2.04 bits per heavy atom. The number of nitrogens with one attached hydrogen (secondary N) is 2. The molecule has 0 heterocycles. The van der Waals surface area contributed by atoms with Crippen LogP contribution in [0.4, 0.5) is 0 Å². The highest BCUT2D eigenvalue weighted by Crippen LogP contribution is 2.28. The smallest absolute Gasteiger partial charge is 0.191 e. The van der Waals surface area contributed by atoms with Crippen molar-refractivity contribution in [1.29, 1.82) is 0 Å². The topological polar surface area (TPSA) is 56.7 Å². The first-order valence-electron chi connectivity index (χ1n) is 9.08. The summed E-state index contributed by atoms with van der Waals surface area (Å²) >= 11 is 2.09. The molecule has 0 aliphatic heterocycles. The minimum atomic E-state index is 0. The Bertz CT molecular complexity index is 508. The first kappa shape index (κ1) is 22.4. The Labute approximate surface area is 173 Å². The van der Waals surface area contributed by atoms with Crippen molar-refractivity contribution in [2.24, 2.45) is 4.99 Å². The number of benzene rings is 1. The van der Waals surface area contributed by atoms with E-state index in [9.17, 15) is 5.11 Å². The fourth-order valence-electron chi connectivity index (χ4n) is 3.21. The number of aliphatic imine (C=N–C) groups is 1. The third-order valence-corrected chi connectivity index (χ3v) is 5.70. The molecule has 1 aliphatic carbocycles. The molecule has 25 heavy (non-hydrogen) atoms. The number of aryl methyl sites for hydroxylation is 1. The lowest BCUT2D eigenvalue weighted by atomic mass is 9.95. The first-order valence-corrected chi connectivity index (χ1v) is 10.1. The molecule has 3 N–H and O–H groups in total. The minimum Gasteiger partial charge on any atom is -0.508 e. The summed E-state index contributed by atoms with van der Waals surface area (Å²) in [6.45, 7) is 3.15. The number of hydrogen-bond acceptors (Lipinski definition) is 3. The maximum Gasteiger partial charge on any atom is 0.191 e. The summed E-state index contributed by atoms with van der Waals surface area (Å²) in [7, 11) is 1.84. The van der Waals surface area contributed by atoms with E-state index in [0.29, 0.717) is 11.8 Å². The fourth-order valence-corrected chi connectivity index (χ4v) is 4.39. The van der Waals surface area contributed by atoms with Crippen LogP contribution < -0.4 is 10.6 Å². The Balaban J connectivity index is 0.00000312. The zero-order chi connectivity index (χ0) is 17.2. The molecule has 142 valence electrons. The van der Waals surface area contributed by atoms with Gasteiger partial charge in [0, 0.05) is 24.9 Å². The van der Waals surface area contributed by atoms with Gasteiger partial charge in [-0.15, -0.1) is 24.0 Å². The molecule has 0 saturated heterocycles. The van der Waals surface area contributed by atoms with Crippen molar-refractivity contribution in [3.63, 3.8) is 0 Å². The van der Waals surface area contributed by atoms with Crippen LogP contribution in [0.5, 0.6) is 5.75 Å². The summed E-state index contributed by atoms with van der Waals surface area (Å²) in [6, 6.07) is 8.01. The summed E-state index contributed by atoms with van der Waals surface area (Å²) in [4.78, 5) is 4.36. The number of hydrogen-bond donors (Lipinski definition) is 3. The van der Waals surface area contributed by atoms with Crippen LogP contribution >= 0.6 is 35.7 Å². The lowest BCUT2D eigenvalue weighted by Crippen LogP contribution is -2.46. The zero-order valence-electron chi connectivity index (χ0n) is 15.3. The van der Waals surface area contributed by atoms with Gasteiger partial charge < -0.3 is 15.7 Å². The van der Waals surface area contributed by atoms with E-state index >= 15 is 0 Å². The van der Waals surface area contributed by atoms with Crippen LogP contribution in [0.25, 0.3) is 0 Å². The van der Waals surface area contributed by atoms with Gasteiger partial charge in [-0.25, -0.2) is 0 Å². The van der Waals surface area contributed by atoms with Crippen molar-refractivity contribution in [1.82, 2.24) is 10.6 Å². The molecular formula is C19H32IN3OS. The Kier molecular flexibility index (Phi) is 11.4. The molecule has 2 atom stereocenters. The second kappa shape index (κ2) is 12.7. The van der Waals surface area contributed by atoms with Gasteiger partial charge in [0.2, 0.25) is 0 Å². The van der Waals surface area contributed by atoms with Gasteiger partial charge in [-0.1, -0.05) is 25.5 Å². The first-order chi connectivity index (χ1) is 11.7. The van der Waals surface area contributed by atoms with Crippen LogP contribution in [0.3, 0.4) is 0 Å². The molecule has 0 bridgehead atoms. The molecular weight excluding hydrogens is 445 g/mol. The highest BCUT2D eigenvalue weighted by molar-refractivity contribution is 14.0. The van der Waals surface area contributed by atoms with Gasteiger partial charge in [-0.2, -0.15) is 11.8 Å². The van der Waals surface area contributed by atoms with Crippen LogP contribution in [0.2, 0.25) is 0 Å². The van der Waals surface area contributed by atoms with E-state index in [1.165, 1.54) is 37.0 Å². The van der Waals surface area contributed by atoms with Crippen molar-refractivity contribution in [3.8, 4) is 5.75 Å². The average molecular weight is 477 g/mol. The van der Waals surface area contributed by atoms with Crippen LogP contribution in [0.15, 0.2) is 29.3 Å². The molecule has 1 aliphatic rings. The van der Waals surface area contributed by atoms with Crippen LogP contribution in [0, 0.1) is 0 Å². The van der Waals surface area contributed by atoms with E-state index in [1.54, 1.807) is 12.1 Å². The number of halogens is 1. The van der Waals surface area contributed by atoms with Gasteiger partial charge in [0.25, 0.3) is 0 Å². The molecule has 0 radical (unpaired) electrons. The van der Waals surface area contributed by atoms with Crippen LogP contribution in [-0.2, 0) is 6.42 Å². The number of guanidine groups is 1. The standard InChI is InChI=1S/C19H31N3OS.HI/c1-3-24-18-8-4-7-16(14-18)22-19(20-2)21-13-5-6-15-9-11-17(23)12-10-15;/h9-12,16,18,23H,3-8,13-14H2,1-2H3,(H2,20,21,22);1H. The highest BCUT2D eigenvalue weighted by atomic mass is 127. The monoisotopic (exact) mass is 477 g/mol. The molecule has 0 spiro atoms. The summed E-state index contributed by atoms with van der Waals surface area (Å²) in [5, 5.41) is 17.1. The second-order valence-corrected chi connectivity index (χ2v) is 7.93. The van der Waals surface area contributed by atoms with Crippen molar-refractivity contribution in [2.75, 3.05) is 19.3 Å². The summed E-state index contributed by atoms with van der Waals surface area (Å²) in [5.74, 6) is 2.46. The molecule has 4 nitrogen and oxygen atoms in total. The van der Waals surface area contributed by atoms with Gasteiger partial charge in [-0.05, 0) is 55.6 Å². The summed E-state index contributed by atoms with van der Waals surface area (Å²) in [6.07, 6.45) is 7.21. The molecule has 6 heteroatoms. The Hall–Kier alpha value is -0.630. The average Bonchev–Trinajstić information content (AvgIpc) is 2.60. The van der Waals surface area contributed by atoms with E-state index < -0.39 is 0 Å². The van der Waals surface area contributed by atoms with Crippen LogP contribution in [-0.4, -0.2) is 41.7 Å². The fraction of sp³-hybridized carbons (Fsp3) is 0.632. The van der Waals surface area contributed by atoms with Gasteiger partial charge in [0.05, 0.1) is 0 Å². The molecule has 1 aromatic rings. The normalized spacial score (nSPS) is 20.6. The lowest BCUT2D eigenvalue weighted by molar-refractivity contribution is 0.419. The quantitative estimate of drug-likeness (QED) is 0.239. The zero-order valence-corrected chi connectivity index (χ0v) is 18.5. The largest absolute Gasteiger partial charge is 0.508 e. The molecule has 1 fully saturated rings. The molecule has 2 unspecified atom stereocenters. The van der Waals surface area contributed by atoms with Crippen molar-refractivity contribution in [3.05, 3.63) is 29.8 Å². The lowest BCUT2D eigenvalue weighted by Gasteiger charge is -2.30. The van der Waals surface area contributed by atoms with E-state index in [1.807, 2.05) is 19.2 Å². The Morgan fingerprint density at radius 1 is 1.28 bits per heavy atom. The molecule has 0 aromatic heterocycles. The van der Waals surface area contributed by atoms with E-state index in [2.05, 4.69) is 34.3 Å². The number of nitrogens with zero attached hydrogens (tertiary/aromatic N) is 1. The van der Waals surface area contributed by atoms with Crippen LogP contribution in [0.1, 0.15) is 44.6 Å². The maximum absolute atomic E-state index is 9.30. The molecule has 1 aromatic carbocycles. The molecule has 0 amide bonds. The third kappa shape index (κ3) is 8.53. The van der Waals surface area contributed by atoms with E-state index in [-0.39, 0.29) is 24.0 Å². The van der Waals surface area contributed by atoms with Gasteiger partial charge in [-0.3, -0.25) is 4.99 Å². The summed E-state index contributed by atoms with van der Waals surface area (Å²) in [5.41, 5.74) is 1.25. The van der Waals surface area contributed by atoms with E-state index in [0.717, 1.165) is 30.6 Å². The third-order valence-electron chi connectivity index (χ3n) is 4.46. The Morgan fingerprint density at radius 3 is 2.72 bits per heavy atom. The molecule has 1 saturated carbocycles. The maximum atomic E-state index is 9.30. The summed E-state index contributed by atoms with van der Waals surface area (Å²) < 4.78 is 0. The number of phenols is 1. The van der Waals surface area contributed by atoms with E-state index in [4.69, 9.17) is 0 Å². The molecule has 2 rings (SSSR count). The van der Waals surface area contributed by atoms with Gasteiger partial charge >= 0.3 is 0 Å². The number of aromatic hydroxyl groups is 1.